The number of hydrogen-bond acceptors (Lipinski definition) is 3. The molecule has 7 atom stereocenters. The highest BCUT2D eigenvalue weighted by atomic mass is 16.3. The van der Waals surface area contributed by atoms with Crippen molar-refractivity contribution < 1.29 is 14.7 Å². The molecule has 3 nitrogen and oxygen atoms in total. The molecule has 0 bridgehead atoms. The Balaban J connectivity index is 1.81. The lowest BCUT2D eigenvalue weighted by molar-refractivity contribution is -0.158. The third kappa shape index (κ3) is 2.24. The van der Waals surface area contributed by atoms with Crippen molar-refractivity contribution in [1.29, 1.82) is 0 Å². The van der Waals surface area contributed by atoms with Gasteiger partial charge < -0.3 is 5.11 Å². The molecule has 0 aliphatic heterocycles. The van der Waals surface area contributed by atoms with Crippen molar-refractivity contribution in [2.45, 2.75) is 78.7 Å². The predicted octanol–water partition coefficient (Wildman–Crippen LogP) is 4.64. The number of carbonyl (C=O) groups excluding carboxylic acids is 2. The molecule has 3 heteroatoms. The zero-order valence-electron chi connectivity index (χ0n) is 17.5. The van der Waals surface area contributed by atoms with Gasteiger partial charge in [-0.1, -0.05) is 51.8 Å². The summed E-state index contributed by atoms with van der Waals surface area (Å²) in [6.45, 7) is 10.7. The summed E-state index contributed by atoms with van der Waals surface area (Å²) in [6, 6.07) is 0. The van der Waals surface area contributed by atoms with E-state index in [4.69, 9.17) is 0 Å². The van der Waals surface area contributed by atoms with Gasteiger partial charge in [0.15, 0.2) is 11.6 Å². The van der Waals surface area contributed by atoms with Gasteiger partial charge in [0.25, 0.3) is 0 Å². The van der Waals surface area contributed by atoms with Crippen LogP contribution in [0.25, 0.3) is 0 Å². The summed E-state index contributed by atoms with van der Waals surface area (Å²) in [5, 5.41) is 11.6. The fourth-order valence-electron chi connectivity index (χ4n) is 7.48. The van der Waals surface area contributed by atoms with Crippen molar-refractivity contribution in [2.24, 2.45) is 34.5 Å². The van der Waals surface area contributed by atoms with Gasteiger partial charge in [0, 0.05) is 23.7 Å². The van der Waals surface area contributed by atoms with Gasteiger partial charge in [-0.05, 0) is 55.4 Å². The average Bonchev–Trinajstić information content (AvgIpc) is 2.84. The van der Waals surface area contributed by atoms with Crippen LogP contribution in [0.15, 0.2) is 23.3 Å². The Hall–Kier alpha value is -1.22. The summed E-state index contributed by atoms with van der Waals surface area (Å²) < 4.78 is 0. The highest BCUT2D eigenvalue weighted by molar-refractivity contribution is 5.92. The number of hydrogen-bond donors (Lipinski definition) is 1. The summed E-state index contributed by atoms with van der Waals surface area (Å²) in [5.74, 6) is 1.42. The third-order valence-electron chi connectivity index (χ3n) is 8.99. The average molecular weight is 371 g/mol. The molecule has 2 unspecified atom stereocenters. The fourth-order valence-corrected chi connectivity index (χ4v) is 7.48. The first kappa shape index (κ1) is 19.1. The van der Waals surface area contributed by atoms with E-state index in [2.05, 4.69) is 33.8 Å². The molecule has 0 heterocycles. The van der Waals surface area contributed by atoms with Gasteiger partial charge in [-0.2, -0.15) is 0 Å². The van der Waals surface area contributed by atoms with Crippen LogP contribution in [0.4, 0.5) is 0 Å². The van der Waals surface area contributed by atoms with E-state index in [0.717, 1.165) is 25.7 Å². The van der Waals surface area contributed by atoms with Gasteiger partial charge in [0.1, 0.15) is 5.60 Å². The van der Waals surface area contributed by atoms with Gasteiger partial charge in [-0.3, -0.25) is 9.59 Å². The summed E-state index contributed by atoms with van der Waals surface area (Å²) in [7, 11) is 0. The molecule has 0 radical (unpaired) electrons. The molecular weight excluding hydrogens is 336 g/mol. The second-order valence-electron chi connectivity index (χ2n) is 10.2. The Labute approximate surface area is 163 Å². The maximum absolute atomic E-state index is 12.8. The number of fused-ring (bicyclic) bond motifs is 5. The van der Waals surface area contributed by atoms with Gasteiger partial charge in [-0.15, -0.1) is 0 Å². The Morgan fingerprint density at radius 2 is 1.93 bits per heavy atom. The Bertz CT molecular complexity index is 762. The molecule has 27 heavy (non-hydrogen) atoms. The second kappa shape index (κ2) is 5.89. The number of ketones is 2. The molecular formula is C24H34O3. The van der Waals surface area contributed by atoms with Gasteiger partial charge >= 0.3 is 0 Å². The topological polar surface area (TPSA) is 54.4 Å². The number of rotatable bonds is 2. The molecule has 0 aromatic carbocycles. The molecule has 0 saturated heterocycles. The molecule has 1 N–H and O–H groups in total. The fraction of sp³-hybridized carbons (Fsp3) is 0.750. The van der Waals surface area contributed by atoms with E-state index < -0.39 is 5.60 Å². The SMILES string of the molecule is CCC(=O)[C@@]1(O)[C@H](C)CC2C3C[C@H](C)C4=CC(=O)CC[C@]4(C)C3=CC[C@@]21C. The van der Waals surface area contributed by atoms with Crippen LogP contribution in [0.5, 0.6) is 0 Å². The number of carbonyl (C=O) groups is 2. The van der Waals surface area contributed by atoms with Crippen LogP contribution in [-0.2, 0) is 9.59 Å². The Kier molecular flexibility index (Phi) is 4.17. The normalized spacial score (nSPS) is 48.9. The monoisotopic (exact) mass is 370 g/mol. The molecule has 4 aliphatic carbocycles. The minimum Gasteiger partial charge on any atom is -0.381 e. The zero-order valence-corrected chi connectivity index (χ0v) is 17.5. The van der Waals surface area contributed by atoms with E-state index in [-0.39, 0.29) is 28.3 Å². The van der Waals surface area contributed by atoms with Crippen molar-refractivity contribution >= 4 is 11.6 Å². The van der Waals surface area contributed by atoms with Crippen LogP contribution in [0.2, 0.25) is 0 Å². The van der Waals surface area contributed by atoms with E-state index in [9.17, 15) is 14.7 Å². The molecule has 0 aromatic rings. The molecule has 2 fully saturated rings. The van der Waals surface area contributed by atoms with Crippen molar-refractivity contribution in [3.63, 3.8) is 0 Å². The summed E-state index contributed by atoms with van der Waals surface area (Å²) in [6.07, 6.45) is 8.92. The third-order valence-corrected chi connectivity index (χ3v) is 8.99. The largest absolute Gasteiger partial charge is 0.381 e. The van der Waals surface area contributed by atoms with Crippen LogP contribution in [0.1, 0.15) is 73.1 Å². The van der Waals surface area contributed by atoms with Crippen molar-refractivity contribution in [1.82, 2.24) is 0 Å². The highest BCUT2D eigenvalue weighted by Gasteiger charge is 2.67. The predicted molar refractivity (Wildman–Crippen MR) is 106 cm³/mol. The van der Waals surface area contributed by atoms with Gasteiger partial charge in [0.2, 0.25) is 0 Å². The lowest BCUT2D eigenvalue weighted by atomic mass is 9.48. The standard InChI is InChI=1S/C24H34O3/c1-6-21(26)24(27)15(3)12-20-17-11-14(2)19-13-16(25)7-9-22(19,4)18(17)8-10-23(20,24)5/h8,13-15,17,20,27H,6-7,9-12H2,1-5H3/t14-,15+,17?,20?,22+,23-,24-/m0/s1. The molecule has 0 aromatic heterocycles. The quantitative estimate of drug-likeness (QED) is 0.721. The Morgan fingerprint density at radius 1 is 1.22 bits per heavy atom. The van der Waals surface area contributed by atoms with Crippen molar-refractivity contribution in [3.8, 4) is 0 Å². The van der Waals surface area contributed by atoms with Crippen molar-refractivity contribution in [3.05, 3.63) is 23.3 Å². The lowest BCUT2D eigenvalue weighted by Gasteiger charge is -2.56. The number of allylic oxidation sites excluding steroid dienone is 4. The van der Waals surface area contributed by atoms with E-state index >= 15 is 0 Å². The van der Waals surface area contributed by atoms with Crippen LogP contribution in [0, 0.1) is 34.5 Å². The highest BCUT2D eigenvalue weighted by Crippen LogP contribution is 2.67. The summed E-state index contributed by atoms with van der Waals surface area (Å²) in [5.41, 5.74) is 1.20. The maximum atomic E-state index is 12.8. The van der Waals surface area contributed by atoms with Gasteiger partial charge in [0.05, 0.1) is 0 Å². The first-order chi connectivity index (χ1) is 12.6. The summed E-state index contributed by atoms with van der Waals surface area (Å²) in [4.78, 5) is 24.9. The minimum absolute atomic E-state index is 0.000634. The first-order valence-corrected chi connectivity index (χ1v) is 10.8. The molecule has 4 rings (SSSR count). The van der Waals surface area contributed by atoms with Crippen LogP contribution >= 0.6 is 0 Å². The van der Waals surface area contributed by atoms with E-state index in [1.54, 1.807) is 0 Å². The molecule has 148 valence electrons. The zero-order chi connectivity index (χ0) is 19.8. The van der Waals surface area contributed by atoms with Crippen LogP contribution in [-0.4, -0.2) is 22.3 Å². The second-order valence-corrected chi connectivity index (χ2v) is 10.2. The van der Waals surface area contributed by atoms with Crippen LogP contribution in [0.3, 0.4) is 0 Å². The van der Waals surface area contributed by atoms with E-state index in [1.165, 1.54) is 11.1 Å². The minimum atomic E-state index is -1.21. The van der Waals surface area contributed by atoms with E-state index in [0.29, 0.717) is 30.6 Å². The van der Waals surface area contributed by atoms with E-state index in [1.807, 2.05) is 13.0 Å². The smallest absolute Gasteiger partial charge is 0.164 e. The molecule has 0 spiro atoms. The maximum Gasteiger partial charge on any atom is 0.164 e. The number of aliphatic hydroxyl groups is 1. The van der Waals surface area contributed by atoms with Crippen LogP contribution < -0.4 is 0 Å². The molecule has 0 amide bonds. The number of Topliss-reactive ketones (excluding diaryl/α,β-unsaturated/α-hetero) is 1. The first-order valence-electron chi connectivity index (χ1n) is 10.8. The molecule has 4 aliphatic rings. The summed E-state index contributed by atoms with van der Waals surface area (Å²) >= 11 is 0. The Morgan fingerprint density at radius 3 is 2.59 bits per heavy atom. The van der Waals surface area contributed by atoms with Crippen molar-refractivity contribution in [2.75, 3.05) is 0 Å². The lowest BCUT2D eigenvalue weighted by Crippen LogP contribution is -2.57. The van der Waals surface area contributed by atoms with Gasteiger partial charge in [-0.25, -0.2) is 0 Å². The molecule has 2 saturated carbocycles.